The van der Waals surface area contributed by atoms with Gasteiger partial charge in [-0.25, -0.2) is 4.98 Å². The number of nitrogens with one attached hydrogen (secondary N) is 1. The summed E-state index contributed by atoms with van der Waals surface area (Å²) in [7, 11) is 1.74. The minimum absolute atomic E-state index is 0.0291. The van der Waals surface area contributed by atoms with Gasteiger partial charge in [-0.3, -0.25) is 0 Å². The Kier molecular flexibility index (Phi) is 5.33. The van der Waals surface area contributed by atoms with Gasteiger partial charge in [-0.05, 0) is 33.1 Å². The number of nitrogens with zero attached hydrogens (tertiary/aromatic N) is 1. The summed E-state index contributed by atoms with van der Waals surface area (Å²) in [5.41, 5.74) is 1.12. The van der Waals surface area contributed by atoms with Gasteiger partial charge in [-0.1, -0.05) is 0 Å². The average molecular weight is 284 g/mol. The van der Waals surface area contributed by atoms with Crippen molar-refractivity contribution in [3.05, 3.63) is 15.6 Å². The second-order valence-electron chi connectivity index (χ2n) is 5.13. The lowest BCUT2D eigenvalue weighted by Gasteiger charge is -2.31. The number of ether oxygens (including phenoxy) is 2. The van der Waals surface area contributed by atoms with E-state index in [4.69, 9.17) is 14.5 Å². The van der Waals surface area contributed by atoms with E-state index in [-0.39, 0.29) is 5.54 Å². The lowest BCUT2D eigenvalue weighted by atomic mass is 9.91. The molecule has 0 bridgehead atoms. The molecule has 0 aliphatic carbocycles. The van der Waals surface area contributed by atoms with Crippen LogP contribution in [-0.4, -0.2) is 38.5 Å². The zero-order valence-corrected chi connectivity index (χ0v) is 12.9. The summed E-state index contributed by atoms with van der Waals surface area (Å²) in [6.45, 7) is 7.48. The molecular weight excluding hydrogens is 260 g/mol. The number of methoxy groups -OCH3 is 1. The second-order valence-corrected chi connectivity index (χ2v) is 6.33. The smallest absolute Gasteiger partial charge is 0.113 e. The van der Waals surface area contributed by atoms with Gasteiger partial charge in [0.2, 0.25) is 0 Å². The van der Waals surface area contributed by atoms with Crippen LogP contribution in [0.25, 0.3) is 0 Å². The Bertz CT molecular complexity index is 379. The molecule has 4 nitrogen and oxygen atoms in total. The van der Waals surface area contributed by atoms with Gasteiger partial charge < -0.3 is 14.8 Å². The van der Waals surface area contributed by atoms with Crippen molar-refractivity contribution in [3.63, 3.8) is 0 Å². The van der Waals surface area contributed by atoms with Crippen molar-refractivity contribution in [2.75, 3.05) is 33.5 Å². The largest absolute Gasteiger partial charge is 0.383 e. The summed E-state index contributed by atoms with van der Waals surface area (Å²) in [6.07, 6.45) is 3.16. The summed E-state index contributed by atoms with van der Waals surface area (Å²) in [6, 6.07) is 0. The Morgan fingerprint density at radius 3 is 2.89 bits per heavy atom. The highest BCUT2D eigenvalue weighted by Crippen LogP contribution is 2.35. The Hall–Kier alpha value is -0.490. The van der Waals surface area contributed by atoms with Crippen molar-refractivity contribution in [1.29, 1.82) is 0 Å². The molecule has 1 N–H and O–H groups in total. The molecule has 5 heteroatoms. The molecule has 0 aromatic carbocycles. The van der Waals surface area contributed by atoms with Crippen molar-refractivity contribution >= 4 is 11.3 Å². The summed E-state index contributed by atoms with van der Waals surface area (Å²) in [5, 5.41) is 4.89. The normalized spacial score (nSPS) is 24.4. The van der Waals surface area contributed by atoms with E-state index in [1.54, 1.807) is 7.11 Å². The van der Waals surface area contributed by atoms with Gasteiger partial charge in [0.15, 0.2) is 0 Å². The molecule has 2 heterocycles. The van der Waals surface area contributed by atoms with Gasteiger partial charge in [0, 0.05) is 31.7 Å². The monoisotopic (exact) mass is 284 g/mol. The van der Waals surface area contributed by atoms with Crippen molar-refractivity contribution < 1.29 is 9.47 Å². The average Bonchev–Trinajstić information content (AvgIpc) is 2.63. The number of hydrogen-bond donors (Lipinski definition) is 1. The molecule has 1 aromatic rings. The molecule has 1 atom stereocenters. The third kappa shape index (κ3) is 3.54. The van der Waals surface area contributed by atoms with Crippen LogP contribution in [0.3, 0.4) is 0 Å². The Balaban J connectivity index is 2.21. The fraction of sp³-hybridized carbons (Fsp3) is 0.786. The van der Waals surface area contributed by atoms with Crippen molar-refractivity contribution in [3.8, 4) is 0 Å². The van der Waals surface area contributed by atoms with Crippen LogP contribution in [0.2, 0.25) is 0 Å². The topological polar surface area (TPSA) is 43.4 Å². The maximum atomic E-state index is 5.62. The molecule has 0 spiro atoms. The van der Waals surface area contributed by atoms with Gasteiger partial charge in [0.25, 0.3) is 0 Å². The van der Waals surface area contributed by atoms with Crippen molar-refractivity contribution in [2.24, 2.45) is 0 Å². The zero-order chi connectivity index (χ0) is 13.7. The summed E-state index contributed by atoms with van der Waals surface area (Å²) in [5.74, 6) is 0. The van der Waals surface area contributed by atoms with E-state index in [1.807, 2.05) is 11.3 Å². The first-order valence-electron chi connectivity index (χ1n) is 6.94. The standard InChI is InChI=1S/C14H24N2O2S/c1-11-12(2)19-13(16-11)14(15-7-10-17-3)5-4-8-18-9-6-14/h15H,4-10H2,1-3H3. The van der Waals surface area contributed by atoms with Gasteiger partial charge >= 0.3 is 0 Å². The lowest BCUT2D eigenvalue weighted by Crippen LogP contribution is -2.44. The van der Waals surface area contributed by atoms with Crippen molar-refractivity contribution in [1.82, 2.24) is 10.3 Å². The molecule has 2 rings (SSSR count). The van der Waals surface area contributed by atoms with E-state index >= 15 is 0 Å². The minimum atomic E-state index is -0.0291. The fourth-order valence-electron chi connectivity index (χ4n) is 2.49. The van der Waals surface area contributed by atoms with E-state index in [0.29, 0.717) is 0 Å². The SMILES string of the molecule is COCCNC1(c2nc(C)c(C)s2)CCCOCC1. The zero-order valence-electron chi connectivity index (χ0n) is 12.1. The molecule has 1 unspecified atom stereocenters. The number of aryl methyl sites for hydroxylation is 2. The summed E-state index contributed by atoms with van der Waals surface area (Å²) >= 11 is 1.82. The number of hydrogen-bond acceptors (Lipinski definition) is 5. The number of thiazole rings is 1. The lowest BCUT2D eigenvalue weighted by molar-refractivity contribution is 0.133. The van der Waals surface area contributed by atoms with Crippen molar-refractivity contribution in [2.45, 2.75) is 38.6 Å². The Labute approximate surface area is 119 Å². The molecule has 0 radical (unpaired) electrons. The third-order valence-electron chi connectivity index (χ3n) is 3.77. The highest BCUT2D eigenvalue weighted by atomic mass is 32.1. The van der Waals surface area contributed by atoms with Crippen LogP contribution in [0, 0.1) is 13.8 Å². The van der Waals surface area contributed by atoms with Crippen LogP contribution in [0.5, 0.6) is 0 Å². The molecule has 1 aliphatic rings. The van der Waals surface area contributed by atoms with Crippen LogP contribution in [0.15, 0.2) is 0 Å². The highest BCUT2D eigenvalue weighted by molar-refractivity contribution is 7.11. The molecule has 1 saturated heterocycles. The number of rotatable bonds is 5. The Morgan fingerprint density at radius 1 is 1.37 bits per heavy atom. The summed E-state index contributed by atoms with van der Waals surface area (Å²) in [4.78, 5) is 6.10. The molecule has 1 fully saturated rings. The molecule has 108 valence electrons. The first-order valence-corrected chi connectivity index (χ1v) is 7.76. The summed E-state index contributed by atoms with van der Waals surface area (Å²) < 4.78 is 10.8. The van der Waals surface area contributed by atoms with E-state index in [1.165, 1.54) is 9.88 Å². The van der Waals surface area contributed by atoms with E-state index in [2.05, 4.69) is 19.2 Å². The van der Waals surface area contributed by atoms with E-state index < -0.39 is 0 Å². The second kappa shape index (κ2) is 6.79. The minimum Gasteiger partial charge on any atom is -0.383 e. The third-order valence-corrected chi connectivity index (χ3v) is 5.05. The first kappa shape index (κ1) is 14.9. The van der Waals surface area contributed by atoms with Crippen LogP contribution in [-0.2, 0) is 15.0 Å². The number of aromatic nitrogens is 1. The van der Waals surface area contributed by atoms with Gasteiger partial charge in [0.1, 0.15) is 5.01 Å². The Morgan fingerprint density at radius 2 is 2.21 bits per heavy atom. The maximum Gasteiger partial charge on any atom is 0.113 e. The van der Waals surface area contributed by atoms with Crippen LogP contribution in [0.1, 0.15) is 34.8 Å². The van der Waals surface area contributed by atoms with Crippen LogP contribution < -0.4 is 5.32 Å². The van der Waals surface area contributed by atoms with Gasteiger partial charge in [-0.15, -0.1) is 11.3 Å². The maximum absolute atomic E-state index is 5.62. The quantitative estimate of drug-likeness (QED) is 0.843. The highest BCUT2D eigenvalue weighted by Gasteiger charge is 2.35. The molecule has 19 heavy (non-hydrogen) atoms. The van der Waals surface area contributed by atoms with Crippen LogP contribution in [0.4, 0.5) is 0 Å². The fourth-order valence-corrected chi connectivity index (χ4v) is 3.62. The van der Waals surface area contributed by atoms with Gasteiger partial charge in [-0.2, -0.15) is 0 Å². The molecule has 1 aliphatic heterocycles. The van der Waals surface area contributed by atoms with Crippen LogP contribution >= 0.6 is 11.3 Å². The van der Waals surface area contributed by atoms with E-state index in [0.717, 1.165) is 51.3 Å². The van der Waals surface area contributed by atoms with E-state index in [9.17, 15) is 0 Å². The molecule has 1 aromatic heterocycles. The molecule has 0 amide bonds. The molecule has 0 saturated carbocycles. The first-order chi connectivity index (χ1) is 9.18. The molecular formula is C14H24N2O2S. The van der Waals surface area contributed by atoms with Gasteiger partial charge in [0.05, 0.1) is 17.8 Å². The predicted octanol–water partition coefficient (Wildman–Crippen LogP) is 2.39. The predicted molar refractivity (Wildman–Crippen MR) is 77.8 cm³/mol.